The fourth-order valence-corrected chi connectivity index (χ4v) is 6.88. The van der Waals surface area contributed by atoms with Gasteiger partial charge in [-0.1, -0.05) is 26.0 Å². The number of nitrogens with one attached hydrogen (secondary N) is 2. The minimum absolute atomic E-state index is 0.0355. The van der Waals surface area contributed by atoms with Gasteiger partial charge in [-0.05, 0) is 60.0 Å². The molecule has 0 saturated carbocycles. The molecule has 2 N–H and O–H groups in total. The van der Waals surface area contributed by atoms with E-state index in [1.807, 2.05) is 30.0 Å². The van der Waals surface area contributed by atoms with Crippen molar-refractivity contribution in [2.24, 2.45) is 0 Å². The van der Waals surface area contributed by atoms with Crippen molar-refractivity contribution in [3.63, 3.8) is 0 Å². The van der Waals surface area contributed by atoms with Gasteiger partial charge in [0.1, 0.15) is 17.1 Å². The number of carbonyl (C=O) groups excluding carboxylic acids is 1. The third-order valence-electron chi connectivity index (χ3n) is 9.69. The van der Waals surface area contributed by atoms with Crippen molar-refractivity contribution in [1.29, 1.82) is 0 Å². The first-order valence-electron chi connectivity index (χ1n) is 16.8. The molecule has 1 atom stereocenters. The van der Waals surface area contributed by atoms with Gasteiger partial charge in [0.05, 0.1) is 36.1 Å². The minimum atomic E-state index is -4.55. The zero-order chi connectivity index (χ0) is 34.1. The van der Waals surface area contributed by atoms with Crippen LogP contribution in [0.5, 0.6) is 11.5 Å². The van der Waals surface area contributed by atoms with Gasteiger partial charge in [0.25, 0.3) is 0 Å². The summed E-state index contributed by atoms with van der Waals surface area (Å²) in [7, 11) is 0. The molecule has 1 saturated heterocycles. The molecule has 1 unspecified atom stereocenters. The van der Waals surface area contributed by atoms with Crippen LogP contribution in [0.15, 0.2) is 54.9 Å². The number of piperazine rings is 1. The second-order valence-electron chi connectivity index (χ2n) is 12.8. The van der Waals surface area contributed by atoms with Crippen LogP contribution in [-0.4, -0.2) is 88.2 Å². The molecule has 3 aliphatic heterocycles. The van der Waals surface area contributed by atoms with Crippen LogP contribution < -0.4 is 10.1 Å². The van der Waals surface area contributed by atoms with Crippen molar-refractivity contribution < 1.29 is 27.4 Å². The van der Waals surface area contributed by atoms with E-state index in [1.165, 1.54) is 6.07 Å². The highest BCUT2D eigenvalue weighted by atomic mass is 19.4. The number of carbonyl (C=O) groups is 1. The number of ether oxygens (including phenoxy) is 2. The molecule has 7 rings (SSSR count). The van der Waals surface area contributed by atoms with Crippen molar-refractivity contribution in [2.75, 3.05) is 57.8 Å². The molecule has 2 amide bonds. The number of halogens is 3. The fourth-order valence-electron chi connectivity index (χ4n) is 6.88. The number of urea groups is 1. The molecule has 0 spiro atoms. The van der Waals surface area contributed by atoms with Gasteiger partial charge in [-0.15, -0.1) is 0 Å². The van der Waals surface area contributed by atoms with E-state index in [0.717, 1.165) is 60.0 Å². The Hall–Kier alpha value is -4.46. The predicted octanol–water partition coefficient (Wildman–Crippen LogP) is 6.86. The van der Waals surface area contributed by atoms with E-state index in [1.54, 1.807) is 29.4 Å². The molecule has 258 valence electrons. The number of benzene rings is 1. The molecule has 1 fully saturated rings. The van der Waals surface area contributed by atoms with Crippen molar-refractivity contribution in [3.05, 3.63) is 82.9 Å². The number of pyridine rings is 2. The van der Waals surface area contributed by atoms with Crippen LogP contribution in [0.4, 0.5) is 23.7 Å². The van der Waals surface area contributed by atoms with Gasteiger partial charge in [0.2, 0.25) is 0 Å². The van der Waals surface area contributed by atoms with Gasteiger partial charge in [0, 0.05) is 69.3 Å². The number of aromatic nitrogens is 3. The first kappa shape index (κ1) is 33.1. The third-order valence-corrected chi connectivity index (χ3v) is 9.69. The zero-order valence-electron chi connectivity index (χ0n) is 27.6. The standard InChI is InChI=1S/C36H40F3N7O3/c1-3-23-20-46(35(47)42-27-6-5-24(30(16-27)36(37,38)39)19-45-12-10-44(4-2)11-13-45)21-26-15-28(18-41-33(23)26)49-32-7-9-40-34-29(32)17-31(43-34)25-8-14-48-22-25/h5-9,15-18,23H,3-4,10-14,19-22H2,1-2H3,(H,40,43)(H,42,47). The maximum absolute atomic E-state index is 14.2. The Morgan fingerprint density at radius 1 is 1.08 bits per heavy atom. The van der Waals surface area contributed by atoms with E-state index < -0.39 is 17.8 Å². The van der Waals surface area contributed by atoms with E-state index in [4.69, 9.17) is 14.5 Å². The topological polar surface area (TPSA) is 98.9 Å². The molecule has 0 bridgehead atoms. The third kappa shape index (κ3) is 7.15. The van der Waals surface area contributed by atoms with E-state index in [0.29, 0.717) is 50.0 Å². The van der Waals surface area contributed by atoms with Crippen LogP contribution in [0, 0.1) is 0 Å². The van der Waals surface area contributed by atoms with Gasteiger partial charge in [-0.2, -0.15) is 13.2 Å². The van der Waals surface area contributed by atoms with Gasteiger partial charge in [0.15, 0.2) is 0 Å². The van der Waals surface area contributed by atoms with Crippen molar-refractivity contribution >= 4 is 28.3 Å². The first-order valence-corrected chi connectivity index (χ1v) is 16.8. The van der Waals surface area contributed by atoms with Gasteiger partial charge < -0.3 is 29.6 Å². The average molecular weight is 676 g/mol. The smallest absolute Gasteiger partial charge is 0.416 e. The largest absolute Gasteiger partial charge is 0.455 e. The molecular formula is C36H40F3N7O3. The quantitative estimate of drug-likeness (QED) is 0.211. The summed E-state index contributed by atoms with van der Waals surface area (Å²) in [5.41, 5.74) is 3.99. The predicted molar refractivity (Wildman–Crippen MR) is 180 cm³/mol. The van der Waals surface area contributed by atoms with Crippen LogP contribution in [0.2, 0.25) is 0 Å². The number of fused-ring (bicyclic) bond motifs is 2. The Labute approximate surface area is 282 Å². The normalized spacial score (nSPS) is 18.8. The second kappa shape index (κ2) is 13.8. The zero-order valence-corrected chi connectivity index (χ0v) is 27.6. The van der Waals surface area contributed by atoms with E-state index in [9.17, 15) is 18.0 Å². The highest BCUT2D eigenvalue weighted by Gasteiger charge is 2.35. The summed E-state index contributed by atoms with van der Waals surface area (Å²) in [6.07, 6.45) is 1.58. The highest BCUT2D eigenvalue weighted by molar-refractivity contribution is 5.90. The average Bonchev–Trinajstić information content (AvgIpc) is 3.79. The molecular weight excluding hydrogens is 635 g/mol. The lowest BCUT2D eigenvalue weighted by atomic mass is 9.92. The molecule has 3 aliphatic rings. The lowest BCUT2D eigenvalue weighted by molar-refractivity contribution is -0.138. The Balaban J connectivity index is 1.07. The molecule has 4 aromatic rings. The summed E-state index contributed by atoms with van der Waals surface area (Å²) in [5.74, 6) is 1.08. The van der Waals surface area contributed by atoms with E-state index >= 15 is 0 Å². The second-order valence-corrected chi connectivity index (χ2v) is 12.8. The highest BCUT2D eigenvalue weighted by Crippen LogP contribution is 2.37. The summed E-state index contributed by atoms with van der Waals surface area (Å²) >= 11 is 0. The number of likely N-dealkylation sites (N-methyl/N-ethyl adjacent to an activating group) is 1. The fraction of sp³-hybridized carbons (Fsp3) is 0.417. The summed E-state index contributed by atoms with van der Waals surface area (Å²) in [6, 6.07) is 9.30. The summed E-state index contributed by atoms with van der Waals surface area (Å²) in [6.45, 7) is 10.1. The van der Waals surface area contributed by atoms with Crippen molar-refractivity contribution in [3.8, 4) is 11.5 Å². The first-order chi connectivity index (χ1) is 23.7. The van der Waals surface area contributed by atoms with Crippen molar-refractivity contribution in [1.82, 2.24) is 29.7 Å². The molecule has 3 aromatic heterocycles. The summed E-state index contributed by atoms with van der Waals surface area (Å²) in [5, 5.41) is 3.55. The van der Waals surface area contributed by atoms with E-state index in [-0.39, 0.29) is 30.3 Å². The maximum Gasteiger partial charge on any atom is 0.416 e. The minimum Gasteiger partial charge on any atom is -0.455 e. The number of nitrogens with zero attached hydrogens (tertiary/aromatic N) is 5. The SMILES string of the molecule is CCC1CN(C(=O)Nc2ccc(CN3CCN(CC)CC3)c(C(F)(F)F)c2)Cc2cc(Oc3ccnc4[nH]c(C5=CCOC5)cc34)cnc21. The van der Waals surface area contributed by atoms with Crippen LogP contribution in [0.25, 0.3) is 16.6 Å². The lowest BCUT2D eigenvalue weighted by Gasteiger charge is -2.34. The number of rotatable bonds is 8. The Morgan fingerprint density at radius 3 is 2.63 bits per heavy atom. The van der Waals surface area contributed by atoms with Crippen molar-refractivity contribution in [2.45, 2.75) is 45.5 Å². The van der Waals surface area contributed by atoms with E-state index in [2.05, 4.69) is 27.1 Å². The number of H-pyrrole nitrogens is 1. The van der Waals surface area contributed by atoms with Crippen LogP contribution in [0.1, 0.15) is 54.3 Å². The Kier molecular flexibility index (Phi) is 9.32. The number of alkyl halides is 3. The molecule has 6 heterocycles. The van der Waals surface area contributed by atoms with Crippen LogP contribution >= 0.6 is 0 Å². The van der Waals surface area contributed by atoms with Crippen LogP contribution in [-0.2, 0) is 24.0 Å². The monoisotopic (exact) mass is 675 g/mol. The maximum atomic E-state index is 14.2. The molecule has 10 nitrogen and oxygen atoms in total. The Bertz CT molecular complexity index is 1870. The number of hydrogen-bond acceptors (Lipinski definition) is 7. The number of aromatic amines is 1. The lowest BCUT2D eigenvalue weighted by Crippen LogP contribution is -2.45. The summed E-state index contributed by atoms with van der Waals surface area (Å²) < 4.78 is 54.4. The number of amides is 2. The van der Waals surface area contributed by atoms with Gasteiger partial charge in [-0.25, -0.2) is 9.78 Å². The molecule has 49 heavy (non-hydrogen) atoms. The number of anilines is 1. The summed E-state index contributed by atoms with van der Waals surface area (Å²) in [4.78, 5) is 32.0. The van der Waals surface area contributed by atoms with Crippen LogP contribution in [0.3, 0.4) is 0 Å². The van der Waals surface area contributed by atoms with Gasteiger partial charge >= 0.3 is 12.2 Å². The molecule has 0 aliphatic carbocycles. The molecule has 1 aromatic carbocycles. The number of hydrogen-bond donors (Lipinski definition) is 2. The molecule has 0 radical (unpaired) electrons. The molecule has 13 heteroatoms. The van der Waals surface area contributed by atoms with Gasteiger partial charge in [-0.3, -0.25) is 9.88 Å². The Morgan fingerprint density at radius 2 is 1.90 bits per heavy atom.